The van der Waals surface area contributed by atoms with Crippen LogP contribution in [0.5, 0.6) is 0 Å². The molecule has 0 spiro atoms. The number of nitrogen functional groups attached to an aromatic ring is 1. The van der Waals surface area contributed by atoms with Gasteiger partial charge in [-0.1, -0.05) is 18.2 Å². The lowest BCUT2D eigenvalue weighted by atomic mass is 9.96. The molecule has 0 amide bonds. The molecule has 1 aromatic rings. The van der Waals surface area contributed by atoms with E-state index >= 15 is 0 Å². The van der Waals surface area contributed by atoms with Gasteiger partial charge in [0, 0.05) is 5.69 Å². The number of rotatable bonds is 2. The average Bonchev–Trinajstić information content (AvgIpc) is 2.09. The molecule has 2 N–H and O–H groups in total. The summed E-state index contributed by atoms with van der Waals surface area (Å²) in [5, 5.41) is 8.75. The number of para-hydroxylation sites is 1. The molecule has 1 aromatic carbocycles. The van der Waals surface area contributed by atoms with E-state index in [1.807, 2.05) is 6.07 Å². The summed E-state index contributed by atoms with van der Waals surface area (Å²) in [4.78, 5) is 11.0. The smallest absolute Gasteiger partial charge is 0.151 e. The number of hydrogen-bond donors (Lipinski definition) is 1. The quantitative estimate of drug-likeness (QED) is 0.690. The number of nitrogens with two attached hydrogens (primary N) is 1. The summed E-state index contributed by atoms with van der Waals surface area (Å²) in [6, 6.07) is 8.85. The Morgan fingerprint density at radius 3 is 2.62 bits per heavy atom. The average molecular weight is 174 g/mol. The van der Waals surface area contributed by atoms with E-state index in [-0.39, 0.29) is 5.78 Å². The highest BCUT2D eigenvalue weighted by atomic mass is 16.1. The fourth-order valence-electron chi connectivity index (χ4n) is 1.15. The molecule has 1 atom stereocenters. The maximum atomic E-state index is 11.0. The van der Waals surface area contributed by atoms with Crippen LogP contribution < -0.4 is 5.73 Å². The molecule has 0 heterocycles. The van der Waals surface area contributed by atoms with Gasteiger partial charge in [-0.3, -0.25) is 4.79 Å². The van der Waals surface area contributed by atoms with E-state index < -0.39 is 5.92 Å². The molecule has 0 radical (unpaired) electrons. The van der Waals surface area contributed by atoms with Crippen molar-refractivity contribution in [2.75, 3.05) is 5.73 Å². The molecule has 3 nitrogen and oxygen atoms in total. The van der Waals surface area contributed by atoms with Gasteiger partial charge in [-0.2, -0.15) is 5.26 Å². The third kappa shape index (κ3) is 1.85. The maximum Gasteiger partial charge on any atom is 0.151 e. The minimum atomic E-state index is -0.735. The van der Waals surface area contributed by atoms with Gasteiger partial charge in [0.05, 0.1) is 6.07 Å². The molecule has 1 unspecified atom stereocenters. The van der Waals surface area contributed by atoms with Crippen LogP contribution in [0.1, 0.15) is 18.4 Å². The van der Waals surface area contributed by atoms with Gasteiger partial charge in [0.2, 0.25) is 0 Å². The minimum absolute atomic E-state index is 0.180. The summed E-state index contributed by atoms with van der Waals surface area (Å²) < 4.78 is 0. The van der Waals surface area contributed by atoms with E-state index in [9.17, 15) is 4.79 Å². The molecule has 3 heteroatoms. The van der Waals surface area contributed by atoms with Crippen molar-refractivity contribution in [3.63, 3.8) is 0 Å². The van der Waals surface area contributed by atoms with Gasteiger partial charge in [0.1, 0.15) is 5.92 Å². The number of nitrogens with zero attached hydrogens (tertiary/aromatic N) is 1. The van der Waals surface area contributed by atoms with E-state index in [0.717, 1.165) is 0 Å². The predicted molar refractivity (Wildman–Crippen MR) is 49.9 cm³/mol. The van der Waals surface area contributed by atoms with Gasteiger partial charge in [0.25, 0.3) is 0 Å². The monoisotopic (exact) mass is 174 g/mol. The third-order valence-corrected chi connectivity index (χ3v) is 1.84. The van der Waals surface area contributed by atoms with Crippen LogP contribution in [-0.2, 0) is 4.79 Å². The Morgan fingerprint density at radius 2 is 2.15 bits per heavy atom. The standard InChI is InChI=1S/C10H10N2O/c1-7(13)9(6-11)8-4-2-3-5-10(8)12/h2-5,9H,12H2,1H3. The molecule has 0 aliphatic carbocycles. The first-order valence-electron chi connectivity index (χ1n) is 3.91. The van der Waals surface area contributed by atoms with Gasteiger partial charge >= 0.3 is 0 Å². The SMILES string of the molecule is CC(=O)C(C#N)c1ccccc1N. The number of anilines is 1. The fraction of sp³-hybridized carbons (Fsp3) is 0.200. The lowest BCUT2D eigenvalue weighted by Crippen LogP contribution is -2.08. The van der Waals surface area contributed by atoms with Gasteiger partial charge in [-0.25, -0.2) is 0 Å². The van der Waals surface area contributed by atoms with Gasteiger partial charge in [0.15, 0.2) is 5.78 Å². The number of carbonyl (C=O) groups is 1. The summed E-state index contributed by atoms with van der Waals surface area (Å²) in [6.07, 6.45) is 0. The molecule has 13 heavy (non-hydrogen) atoms. The zero-order valence-electron chi connectivity index (χ0n) is 7.32. The van der Waals surface area contributed by atoms with Gasteiger partial charge in [-0.15, -0.1) is 0 Å². The van der Waals surface area contributed by atoms with Crippen LogP contribution in [0.2, 0.25) is 0 Å². The fourth-order valence-corrected chi connectivity index (χ4v) is 1.15. The Balaban J connectivity index is 3.14. The molecular formula is C10H10N2O. The van der Waals surface area contributed by atoms with Crippen LogP contribution >= 0.6 is 0 Å². The number of benzene rings is 1. The van der Waals surface area contributed by atoms with Crippen molar-refractivity contribution in [1.29, 1.82) is 5.26 Å². The number of carbonyl (C=O) groups excluding carboxylic acids is 1. The summed E-state index contributed by atoms with van der Waals surface area (Å²) in [5.41, 5.74) is 6.72. The summed E-state index contributed by atoms with van der Waals surface area (Å²) >= 11 is 0. The first-order chi connectivity index (χ1) is 6.16. The predicted octanol–water partition coefficient (Wildman–Crippen LogP) is 1.46. The Labute approximate surface area is 76.8 Å². The Morgan fingerprint density at radius 1 is 1.54 bits per heavy atom. The van der Waals surface area contributed by atoms with Crippen LogP contribution in [0.4, 0.5) is 5.69 Å². The molecular weight excluding hydrogens is 164 g/mol. The van der Waals surface area contributed by atoms with Gasteiger partial charge in [-0.05, 0) is 18.6 Å². The van der Waals surface area contributed by atoms with Crippen molar-refractivity contribution in [2.24, 2.45) is 0 Å². The maximum absolute atomic E-state index is 11.0. The van der Waals surface area contributed by atoms with Crippen molar-refractivity contribution < 1.29 is 4.79 Å². The molecule has 0 saturated carbocycles. The van der Waals surface area contributed by atoms with Crippen LogP contribution in [0.3, 0.4) is 0 Å². The van der Waals surface area contributed by atoms with Crippen LogP contribution in [0.25, 0.3) is 0 Å². The number of ketones is 1. The molecule has 0 aliphatic rings. The Hall–Kier alpha value is -1.82. The number of hydrogen-bond acceptors (Lipinski definition) is 3. The largest absolute Gasteiger partial charge is 0.398 e. The molecule has 1 rings (SSSR count). The van der Waals surface area contributed by atoms with E-state index in [4.69, 9.17) is 11.0 Å². The van der Waals surface area contributed by atoms with Crippen molar-refractivity contribution >= 4 is 11.5 Å². The van der Waals surface area contributed by atoms with E-state index in [2.05, 4.69) is 0 Å². The first-order valence-corrected chi connectivity index (χ1v) is 3.91. The Bertz CT molecular complexity index is 365. The zero-order chi connectivity index (χ0) is 9.84. The normalized spacial score (nSPS) is 11.7. The highest BCUT2D eigenvalue weighted by molar-refractivity contribution is 5.87. The molecule has 0 aliphatic heterocycles. The first kappa shape index (κ1) is 9.27. The number of nitriles is 1. The lowest BCUT2D eigenvalue weighted by molar-refractivity contribution is -0.117. The number of Topliss-reactive ketones (excluding diaryl/α,β-unsaturated/α-hetero) is 1. The second-order valence-corrected chi connectivity index (χ2v) is 2.80. The van der Waals surface area contributed by atoms with E-state index in [1.165, 1.54) is 6.92 Å². The summed E-state index contributed by atoms with van der Waals surface area (Å²) in [7, 11) is 0. The molecule has 0 saturated heterocycles. The lowest BCUT2D eigenvalue weighted by Gasteiger charge is -2.07. The van der Waals surface area contributed by atoms with Crippen LogP contribution in [0.15, 0.2) is 24.3 Å². The van der Waals surface area contributed by atoms with Gasteiger partial charge < -0.3 is 5.73 Å². The molecule has 0 fully saturated rings. The van der Waals surface area contributed by atoms with E-state index in [0.29, 0.717) is 11.3 Å². The molecule has 66 valence electrons. The van der Waals surface area contributed by atoms with Crippen molar-refractivity contribution in [3.8, 4) is 6.07 Å². The molecule has 0 aromatic heterocycles. The second kappa shape index (κ2) is 3.72. The van der Waals surface area contributed by atoms with Crippen molar-refractivity contribution in [1.82, 2.24) is 0 Å². The van der Waals surface area contributed by atoms with Crippen LogP contribution in [0, 0.1) is 11.3 Å². The van der Waals surface area contributed by atoms with Crippen molar-refractivity contribution in [2.45, 2.75) is 12.8 Å². The summed E-state index contributed by atoms with van der Waals surface area (Å²) in [5.74, 6) is -0.915. The van der Waals surface area contributed by atoms with Crippen LogP contribution in [-0.4, -0.2) is 5.78 Å². The highest BCUT2D eigenvalue weighted by Crippen LogP contribution is 2.21. The summed E-state index contributed by atoms with van der Waals surface area (Å²) in [6.45, 7) is 1.39. The second-order valence-electron chi connectivity index (χ2n) is 2.80. The zero-order valence-corrected chi connectivity index (χ0v) is 7.32. The Kier molecular flexibility index (Phi) is 2.65. The minimum Gasteiger partial charge on any atom is -0.398 e. The van der Waals surface area contributed by atoms with E-state index in [1.54, 1.807) is 24.3 Å². The molecule has 0 bridgehead atoms. The highest BCUT2D eigenvalue weighted by Gasteiger charge is 2.17. The third-order valence-electron chi connectivity index (χ3n) is 1.84. The topological polar surface area (TPSA) is 66.9 Å². The van der Waals surface area contributed by atoms with Crippen molar-refractivity contribution in [3.05, 3.63) is 29.8 Å².